The summed E-state index contributed by atoms with van der Waals surface area (Å²) in [5, 5.41) is 0. The number of hydrogen-bond acceptors (Lipinski definition) is 3. The van der Waals surface area contributed by atoms with Gasteiger partial charge in [0.1, 0.15) is 0 Å². The fraction of sp³-hybridized carbons (Fsp3) is 0.176. The molecule has 1 aromatic carbocycles. The Morgan fingerprint density at radius 1 is 1.26 bits per heavy atom. The Morgan fingerprint density at radius 3 is 2.61 bits per heavy atom. The zero-order valence-electron chi connectivity index (χ0n) is 12.6. The number of nitrogens with zero attached hydrogens (tertiary/aromatic N) is 3. The first-order valence-electron chi connectivity index (χ1n) is 7.29. The molecule has 0 unspecified atom stereocenters. The summed E-state index contributed by atoms with van der Waals surface area (Å²) in [6, 6.07) is 11.4. The quantitative estimate of drug-likeness (QED) is 0.693. The van der Waals surface area contributed by atoms with Gasteiger partial charge in [-0.1, -0.05) is 11.6 Å². The van der Waals surface area contributed by atoms with E-state index in [1.54, 1.807) is 12.5 Å². The van der Waals surface area contributed by atoms with E-state index in [-0.39, 0.29) is 5.91 Å². The molecule has 0 atom stereocenters. The van der Waals surface area contributed by atoms with Crippen LogP contribution < -0.4 is 0 Å². The molecule has 0 radical (unpaired) electrons. The normalized spacial score (nSPS) is 10.7. The third kappa shape index (κ3) is 3.63. The lowest BCUT2D eigenvalue weighted by Gasteiger charge is -2.20. The Morgan fingerprint density at radius 2 is 2.04 bits per heavy atom. The van der Waals surface area contributed by atoms with Crippen molar-refractivity contribution < 1.29 is 4.79 Å². The molecule has 118 valence electrons. The van der Waals surface area contributed by atoms with Crippen molar-refractivity contribution in [2.75, 3.05) is 6.54 Å². The van der Waals surface area contributed by atoms with Crippen LogP contribution >= 0.6 is 22.9 Å². The van der Waals surface area contributed by atoms with Crippen molar-refractivity contribution in [3.05, 3.63) is 69.9 Å². The van der Waals surface area contributed by atoms with E-state index < -0.39 is 0 Å². The van der Waals surface area contributed by atoms with Gasteiger partial charge in [0, 0.05) is 35.1 Å². The number of rotatable bonds is 5. The molecule has 0 fully saturated rings. The predicted molar refractivity (Wildman–Crippen MR) is 93.3 cm³/mol. The Bertz CT molecular complexity index is 781. The van der Waals surface area contributed by atoms with Crippen molar-refractivity contribution in [2.45, 2.75) is 13.5 Å². The second-order valence-corrected chi connectivity index (χ2v) is 6.84. The minimum absolute atomic E-state index is 0.0224. The molecule has 0 saturated heterocycles. The van der Waals surface area contributed by atoms with Crippen LogP contribution in [0.25, 0.3) is 5.69 Å². The highest BCUT2D eigenvalue weighted by Crippen LogP contribution is 2.23. The van der Waals surface area contributed by atoms with E-state index in [4.69, 9.17) is 11.6 Å². The molecule has 0 aliphatic rings. The molecular weight excluding hydrogens is 330 g/mol. The number of amides is 1. The van der Waals surface area contributed by atoms with E-state index in [1.807, 2.05) is 59.0 Å². The second-order valence-electron chi connectivity index (χ2n) is 5.04. The number of imidazole rings is 1. The van der Waals surface area contributed by atoms with Gasteiger partial charge >= 0.3 is 0 Å². The van der Waals surface area contributed by atoms with Crippen molar-refractivity contribution >= 4 is 28.8 Å². The van der Waals surface area contributed by atoms with Gasteiger partial charge < -0.3 is 9.47 Å². The van der Waals surface area contributed by atoms with Crippen LogP contribution in [-0.2, 0) is 6.54 Å². The molecule has 6 heteroatoms. The zero-order chi connectivity index (χ0) is 16.2. The zero-order valence-corrected chi connectivity index (χ0v) is 14.2. The number of aromatic nitrogens is 2. The Balaban J connectivity index is 1.75. The van der Waals surface area contributed by atoms with Gasteiger partial charge in [0.25, 0.3) is 5.91 Å². The fourth-order valence-corrected chi connectivity index (χ4v) is 3.43. The molecule has 0 N–H and O–H groups in total. The van der Waals surface area contributed by atoms with Gasteiger partial charge in [-0.3, -0.25) is 4.79 Å². The summed E-state index contributed by atoms with van der Waals surface area (Å²) in [4.78, 5) is 19.6. The highest BCUT2D eigenvalue weighted by Gasteiger charge is 2.15. The molecule has 2 aromatic heterocycles. The summed E-state index contributed by atoms with van der Waals surface area (Å²) < 4.78 is 2.65. The Kier molecular flexibility index (Phi) is 4.79. The van der Waals surface area contributed by atoms with Gasteiger partial charge in [0.2, 0.25) is 0 Å². The molecule has 0 aliphatic heterocycles. The molecule has 0 saturated carbocycles. The van der Waals surface area contributed by atoms with E-state index in [0.29, 0.717) is 18.7 Å². The monoisotopic (exact) mass is 345 g/mol. The molecule has 0 bridgehead atoms. The number of thiophene rings is 1. The maximum atomic E-state index is 12.7. The molecular formula is C17H16ClN3OS. The Hall–Kier alpha value is -2.11. The maximum Gasteiger partial charge on any atom is 0.254 e. The highest BCUT2D eigenvalue weighted by atomic mass is 35.5. The largest absolute Gasteiger partial charge is 0.334 e. The summed E-state index contributed by atoms with van der Waals surface area (Å²) in [5.41, 5.74) is 1.66. The first-order chi connectivity index (χ1) is 11.2. The molecule has 0 aliphatic carbocycles. The average Bonchev–Trinajstić information content (AvgIpc) is 3.24. The van der Waals surface area contributed by atoms with E-state index >= 15 is 0 Å². The summed E-state index contributed by atoms with van der Waals surface area (Å²) in [7, 11) is 0. The Labute approximate surface area is 144 Å². The molecule has 23 heavy (non-hydrogen) atoms. The fourth-order valence-electron chi connectivity index (χ4n) is 2.32. The number of benzene rings is 1. The van der Waals surface area contributed by atoms with E-state index in [1.165, 1.54) is 11.3 Å². The van der Waals surface area contributed by atoms with Crippen molar-refractivity contribution in [1.82, 2.24) is 14.5 Å². The smallest absolute Gasteiger partial charge is 0.254 e. The topological polar surface area (TPSA) is 38.1 Å². The van der Waals surface area contributed by atoms with E-state index in [2.05, 4.69) is 4.98 Å². The predicted octanol–water partition coefficient (Wildman–Crippen LogP) is 4.25. The van der Waals surface area contributed by atoms with Gasteiger partial charge in [0.05, 0.1) is 17.2 Å². The van der Waals surface area contributed by atoms with Crippen LogP contribution in [0, 0.1) is 0 Å². The lowest BCUT2D eigenvalue weighted by molar-refractivity contribution is 0.0754. The van der Waals surface area contributed by atoms with Crippen LogP contribution in [-0.4, -0.2) is 26.9 Å². The second kappa shape index (κ2) is 6.98. The van der Waals surface area contributed by atoms with E-state index in [9.17, 15) is 4.79 Å². The van der Waals surface area contributed by atoms with E-state index in [0.717, 1.165) is 14.9 Å². The third-order valence-electron chi connectivity index (χ3n) is 3.56. The van der Waals surface area contributed by atoms with Crippen LogP contribution in [0.3, 0.4) is 0 Å². The van der Waals surface area contributed by atoms with Gasteiger partial charge in [-0.15, -0.1) is 11.3 Å². The first kappa shape index (κ1) is 15.8. The van der Waals surface area contributed by atoms with Crippen molar-refractivity contribution in [3.63, 3.8) is 0 Å². The number of hydrogen-bond donors (Lipinski definition) is 0. The summed E-state index contributed by atoms with van der Waals surface area (Å²) >= 11 is 7.46. The summed E-state index contributed by atoms with van der Waals surface area (Å²) in [6.07, 6.45) is 5.33. The lowest BCUT2D eigenvalue weighted by atomic mass is 10.1. The lowest BCUT2D eigenvalue weighted by Crippen LogP contribution is -2.29. The third-order valence-corrected chi connectivity index (χ3v) is 4.78. The highest BCUT2D eigenvalue weighted by molar-refractivity contribution is 7.16. The molecule has 4 nitrogen and oxygen atoms in total. The van der Waals surface area contributed by atoms with Gasteiger partial charge in [-0.05, 0) is 43.3 Å². The van der Waals surface area contributed by atoms with Crippen LogP contribution in [0.15, 0.2) is 55.1 Å². The molecule has 1 amide bonds. The maximum absolute atomic E-state index is 12.7. The van der Waals surface area contributed by atoms with Gasteiger partial charge in [-0.2, -0.15) is 0 Å². The van der Waals surface area contributed by atoms with Crippen molar-refractivity contribution in [2.24, 2.45) is 0 Å². The minimum Gasteiger partial charge on any atom is -0.334 e. The number of halogens is 1. The van der Waals surface area contributed by atoms with Crippen LogP contribution in [0.2, 0.25) is 4.34 Å². The molecule has 0 spiro atoms. The van der Waals surface area contributed by atoms with Crippen molar-refractivity contribution in [1.29, 1.82) is 0 Å². The first-order valence-corrected chi connectivity index (χ1v) is 8.48. The van der Waals surface area contributed by atoms with Gasteiger partial charge in [-0.25, -0.2) is 4.98 Å². The van der Waals surface area contributed by atoms with Crippen LogP contribution in [0.1, 0.15) is 22.2 Å². The average molecular weight is 346 g/mol. The van der Waals surface area contributed by atoms with Crippen molar-refractivity contribution in [3.8, 4) is 5.69 Å². The SMILES string of the molecule is CCN(Cc1ccc(Cl)s1)C(=O)c1ccc(-n2ccnc2)cc1. The minimum atomic E-state index is 0.0224. The number of carbonyl (C=O) groups excluding carboxylic acids is 1. The molecule has 3 aromatic rings. The van der Waals surface area contributed by atoms with Gasteiger partial charge in [0.15, 0.2) is 0 Å². The van der Waals surface area contributed by atoms with Crippen LogP contribution in [0.4, 0.5) is 0 Å². The molecule has 2 heterocycles. The molecule has 3 rings (SSSR count). The summed E-state index contributed by atoms with van der Waals surface area (Å²) in [6.45, 7) is 3.21. The number of carbonyl (C=O) groups is 1. The summed E-state index contributed by atoms with van der Waals surface area (Å²) in [5.74, 6) is 0.0224. The standard InChI is InChI=1S/C17H16ClN3OS/c1-2-20(11-15-7-8-16(18)23-15)17(22)13-3-5-14(6-4-13)21-10-9-19-12-21/h3-10,12H,2,11H2,1H3. The van der Waals surface area contributed by atoms with Crippen LogP contribution in [0.5, 0.6) is 0 Å².